The van der Waals surface area contributed by atoms with Gasteiger partial charge < -0.3 is 4.90 Å². The number of hydrogen-bond donors (Lipinski definition) is 0. The summed E-state index contributed by atoms with van der Waals surface area (Å²) in [7, 11) is 1.94. The smallest absolute Gasteiger partial charge is 0.269 e. The van der Waals surface area contributed by atoms with Crippen LogP contribution in [0, 0.1) is 0 Å². The van der Waals surface area contributed by atoms with Crippen LogP contribution in [0.25, 0.3) is 0 Å². The Morgan fingerprint density at radius 2 is 2.10 bits per heavy atom. The minimum atomic E-state index is -0.165. The van der Waals surface area contributed by atoms with Gasteiger partial charge in [-0.05, 0) is 6.42 Å². The van der Waals surface area contributed by atoms with Gasteiger partial charge in [0.25, 0.3) is 5.56 Å². The third kappa shape index (κ3) is 3.54. The fourth-order valence-corrected chi connectivity index (χ4v) is 1.89. The van der Waals surface area contributed by atoms with E-state index in [9.17, 15) is 4.79 Å². The molecule has 106 valence electrons. The molecule has 0 atom stereocenters. The summed E-state index contributed by atoms with van der Waals surface area (Å²) in [6.45, 7) is 3.25. The van der Waals surface area contributed by atoms with E-state index in [1.165, 1.54) is 17.1 Å². The van der Waals surface area contributed by atoms with Crippen LogP contribution < -0.4 is 10.5 Å². The summed E-state index contributed by atoms with van der Waals surface area (Å²) in [6.07, 6.45) is 5.68. The molecular weight excluding hydrogens is 278 g/mol. The molecule has 0 aliphatic heterocycles. The molecule has 6 nitrogen and oxygen atoms in total. The first-order valence-corrected chi connectivity index (χ1v) is 6.72. The summed E-state index contributed by atoms with van der Waals surface area (Å²) in [5.41, 5.74) is 1.29. The molecule has 7 heteroatoms. The Morgan fingerprint density at radius 3 is 2.70 bits per heavy atom. The second-order valence-corrected chi connectivity index (χ2v) is 4.85. The summed E-state index contributed by atoms with van der Waals surface area (Å²) >= 11 is 5.67. The Bertz CT molecular complexity index is 625. The lowest BCUT2D eigenvalue weighted by Gasteiger charge is -2.17. The van der Waals surface area contributed by atoms with Crippen molar-refractivity contribution in [1.29, 1.82) is 0 Å². The average Bonchev–Trinajstić information content (AvgIpc) is 2.43. The van der Waals surface area contributed by atoms with E-state index < -0.39 is 0 Å². The van der Waals surface area contributed by atoms with Crippen molar-refractivity contribution in [3.8, 4) is 0 Å². The molecule has 0 saturated carbocycles. The van der Waals surface area contributed by atoms with Gasteiger partial charge in [0.05, 0.1) is 36.5 Å². The average molecular weight is 294 g/mol. The molecule has 2 aromatic rings. The standard InChI is InChI=1S/C13H16ClN5O/c1-3-4-18(2)11-5-13(20)19(17-7-11)9-10-6-16-12(14)8-15-10/h5-8H,3-4,9H2,1-2H3. The molecular formula is C13H16ClN5O. The van der Waals surface area contributed by atoms with Gasteiger partial charge in [-0.3, -0.25) is 9.78 Å². The molecule has 0 fully saturated rings. The number of hydrogen-bond acceptors (Lipinski definition) is 5. The second kappa shape index (κ2) is 6.47. The highest BCUT2D eigenvalue weighted by molar-refractivity contribution is 6.29. The van der Waals surface area contributed by atoms with Crippen molar-refractivity contribution < 1.29 is 0 Å². The van der Waals surface area contributed by atoms with Crippen LogP contribution in [0.3, 0.4) is 0 Å². The van der Waals surface area contributed by atoms with Crippen molar-refractivity contribution in [2.75, 3.05) is 18.5 Å². The van der Waals surface area contributed by atoms with Gasteiger partial charge in [0.2, 0.25) is 0 Å². The lowest BCUT2D eigenvalue weighted by Crippen LogP contribution is -2.26. The highest BCUT2D eigenvalue weighted by Gasteiger charge is 2.05. The van der Waals surface area contributed by atoms with Gasteiger partial charge in [-0.25, -0.2) is 9.67 Å². The molecule has 0 unspecified atom stereocenters. The van der Waals surface area contributed by atoms with Crippen molar-refractivity contribution in [2.45, 2.75) is 19.9 Å². The van der Waals surface area contributed by atoms with Gasteiger partial charge in [-0.15, -0.1) is 0 Å². The van der Waals surface area contributed by atoms with Crippen molar-refractivity contribution in [3.63, 3.8) is 0 Å². The number of anilines is 1. The minimum absolute atomic E-state index is 0.165. The molecule has 0 saturated heterocycles. The maximum Gasteiger partial charge on any atom is 0.269 e. The first-order chi connectivity index (χ1) is 9.60. The van der Waals surface area contributed by atoms with E-state index in [0.29, 0.717) is 10.8 Å². The van der Waals surface area contributed by atoms with Crippen molar-refractivity contribution in [3.05, 3.63) is 45.9 Å². The van der Waals surface area contributed by atoms with E-state index in [1.54, 1.807) is 12.3 Å². The van der Waals surface area contributed by atoms with Crippen LogP contribution in [-0.2, 0) is 6.54 Å². The van der Waals surface area contributed by atoms with E-state index in [-0.39, 0.29) is 12.1 Å². The molecule has 2 aromatic heterocycles. The molecule has 0 bridgehead atoms. The minimum Gasteiger partial charge on any atom is -0.373 e. The molecule has 0 aliphatic rings. The Labute approximate surface area is 122 Å². The van der Waals surface area contributed by atoms with Crippen LogP contribution in [0.1, 0.15) is 19.0 Å². The summed E-state index contributed by atoms with van der Waals surface area (Å²) in [6, 6.07) is 1.58. The van der Waals surface area contributed by atoms with Crippen molar-refractivity contribution in [1.82, 2.24) is 19.7 Å². The Balaban J connectivity index is 2.17. The highest BCUT2D eigenvalue weighted by atomic mass is 35.5. The highest BCUT2D eigenvalue weighted by Crippen LogP contribution is 2.07. The molecule has 0 aromatic carbocycles. The largest absolute Gasteiger partial charge is 0.373 e. The van der Waals surface area contributed by atoms with Crippen molar-refractivity contribution >= 4 is 17.3 Å². The first kappa shape index (κ1) is 14.5. The van der Waals surface area contributed by atoms with E-state index in [0.717, 1.165) is 18.7 Å². The predicted octanol–water partition coefficient (Wildman–Crippen LogP) is 1.58. The number of halogens is 1. The molecule has 0 radical (unpaired) electrons. The van der Waals surface area contributed by atoms with Crippen molar-refractivity contribution in [2.24, 2.45) is 0 Å². The van der Waals surface area contributed by atoms with Crippen LogP contribution in [0.5, 0.6) is 0 Å². The van der Waals surface area contributed by atoms with E-state index in [4.69, 9.17) is 11.6 Å². The zero-order valence-electron chi connectivity index (χ0n) is 11.5. The van der Waals surface area contributed by atoms with Gasteiger partial charge in [-0.2, -0.15) is 5.10 Å². The normalized spacial score (nSPS) is 10.6. The molecule has 2 rings (SSSR count). The predicted molar refractivity (Wildman–Crippen MR) is 78.2 cm³/mol. The summed E-state index contributed by atoms with van der Waals surface area (Å²) in [5.74, 6) is 0. The monoisotopic (exact) mass is 293 g/mol. The van der Waals surface area contributed by atoms with Gasteiger partial charge in [-0.1, -0.05) is 18.5 Å². The summed E-state index contributed by atoms with van der Waals surface area (Å²) in [5, 5.41) is 4.49. The topological polar surface area (TPSA) is 63.9 Å². The third-order valence-electron chi connectivity index (χ3n) is 2.84. The molecule has 0 N–H and O–H groups in total. The van der Waals surface area contributed by atoms with Gasteiger partial charge >= 0.3 is 0 Å². The molecule has 0 spiro atoms. The molecule has 0 amide bonds. The van der Waals surface area contributed by atoms with E-state index >= 15 is 0 Å². The molecule has 20 heavy (non-hydrogen) atoms. The molecule has 2 heterocycles. The molecule has 0 aliphatic carbocycles. The van der Waals surface area contributed by atoms with E-state index in [1.807, 2.05) is 11.9 Å². The maximum atomic E-state index is 12.0. The fourth-order valence-electron chi connectivity index (χ4n) is 1.79. The van der Waals surface area contributed by atoms with Gasteiger partial charge in [0.1, 0.15) is 5.15 Å². The number of aromatic nitrogens is 4. The van der Waals surface area contributed by atoms with Gasteiger partial charge in [0.15, 0.2) is 0 Å². The van der Waals surface area contributed by atoms with Gasteiger partial charge in [0, 0.05) is 19.7 Å². The SMILES string of the molecule is CCCN(C)c1cnn(Cc2cnc(Cl)cn2)c(=O)c1. The van der Waals surface area contributed by atoms with E-state index in [2.05, 4.69) is 22.0 Å². The first-order valence-electron chi connectivity index (χ1n) is 6.35. The Kier molecular flexibility index (Phi) is 4.68. The fraction of sp³-hybridized carbons (Fsp3) is 0.385. The lowest BCUT2D eigenvalue weighted by atomic mass is 10.3. The zero-order chi connectivity index (χ0) is 14.5. The van der Waals surface area contributed by atoms with Crippen LogP contribution >= 0.6 is 11.6 Å². The quantitative estimate of drug-likeness (QED) is 0.837. The Morgan fingerprint density at radius 1 is 1.30 bits per heavy atom. The van der Waals surface area contributed by atoms with Crippen LogP contribution in [0.2, 0.25) is 5.15 Å². The lowest BCUT2D eigenvalue weighted by molar-refractivity contribution is 0.624. The van der Waals surface area contributed by atoms with Crippen LogP contribution in [0.4, 0.5) is 5.69 Å². The second-order valence-electron chi connectivity index (χ2n) is 4.46. The Hall–Kier alpha value is -1.95. The maximum absolute atomic E-state index is 12.0. The number of rotatable bonds is 5. The number of nitrogens with zero attached hydrogens (tertiary/aromatic N) is 5. The van der Waals surface area contributed by atoms with Crippen LogP contribution in [-0.4, -0.2) is 33.3 Å². The summed E-state index contributed by atoms with van der Waals surface area (Å²) in [4.78, 5) is 22.0. The zero-order valence-corrected chi connectivity index (χ0v) is 12.2. The third-order valence-corrected chi connectivity index (χ3v) is 3.04. The van der Waals surface area contributed by atoms with Crippen LogP contribution in [0.15, 0.2) is 29.5 Å². The summed E-state index contributed by atoms with van der Waals surface area (Å²) < 4.78 is 1.35.